The normalized spacial score (nSPS) is 14.9. The lowest BCUT2D eigenvalue weighted by atomic mass is 9.95. The fraction of sp³-hybridized carbons (Fsp3) is 0.727. The minimum atomic E-state index is -1.27. The maximum Gasteiger partial charge on any atom is 0.371 e. The Hall–Kier alpha value is -2.28. The van der Waals surface area contributed by atoms with Gasteiger partial charge in [0, 0.05) is 26.0 Å². The number of hydrogen-bond donors (Lipinski definition) is 0. The van der Waals surface area contributed by atoms with Gasteiger partial charge in [-0.15, -0.1) is 0 Å². The van der Waals surface area contributed by atoms with Gasteiger partial charge in [0.15, 0.2) is 0 Å². The van der Waals surface area contributed by atoms with Crippen LogP contribution in [0.25, 0.3) is 0 Å². The molecule has 0 amide bonds. The van der Waals surface area contributed by atoms with Crippen LogP contribution in [0.2, 0.25) is 0 Å². The Kier molecular flexibility index (Phi) is 13.8. The topological polar surface area (TPSA) is 149 Å². The monoisotopic (exact) mass is 536 g/mol. The first-order valence-electron chi connectivity index (χ1n) is 11.1. The lowest BCUT2D eigenvalue weighted by molar-refractivity contribution is -0.156. The molecule has 198 valence electrons. The number of hydrogen-bond acceptors (Lipinski definition) is 13. The van der Waals surface area contributed by atoms with Crippen LogP contribution in [0.5, 0.6) is 0 Å². The lowest BCUT2D eigenvalue weighted by Crippen LogP contribution is -2.35. The summed E-state index contributed by atoms with van der Waals surface area (Å²) in [6.45, 7) is 4.18. The van der Waals surface area contributed by atoms with Crippen LogP contribution in [0.4, 0.5) is 9.59 Å². The smallest absolute Gasteiger partial charge is 0.371 e. The number of rotatable bonds is 12. The molecule has 1 atom stereocenters. The number of Topliss-reactive ketones (excluding diaryl/α,β-unsaturated/α-hetero) is 1. The molecule has 0 aromatic heterocycles. The van der Waals surface area contributed by atoms with E-state index in [1.165, 1.54) is 13.8 Å². The summed E-state index contributed by atoms with van der Waals surface area (Å²) in [4.78, 5) is 71.3. The zero-order chi connectivity index (χ0) is 26.4. The number of ketones is 1. The molecule has 1 rings (SSSR count). The molecule has 11 nitrogen and oxygen atoms in total. The van der Waals surface area contributed by atoms with E-state index in [1.54, 1.807) is 0 Å². The van der Waals surface area contributed by atoms with Crippen LogP contribution >= 0.6 is 23.5 Å². The van der Waals surface area contributed by atoms with Gasteiger partial charge in [0.2, 0.25) is 13.6 Å². The molecule has 1 saturated carbocycles. The Labute approximate surface area is 212 Å². The van der Waals surface area contributed by atoms with Crippen LogP contribution in [0.1, 0.15) is 66.2 Å². The van der Waals surface area contributed by atoms with Gasteiger partial charge in [0.1, 0.15) is 11.9 Å². The number of esters is 3. The predicted molar refractivity (Wildman–Crippen MR) is 126 cm³/mol. The average Bonchev–Trinajstić information content (AvgIpc) is 2.76. The van der Waals surface area contributed by atoms with E-state index in [2.05, 4.69) is 9.47 Å². The summed E-state index contributed by atoms with van der Waals surface area (Å²) in [7, 11) is 0. The van der Waals surface area contributed by atoms with Crippen molar-refractivity contribution in [2.75, 3.05) is 19.3 Å². The van der Waals surface area contributed by atoms with E-state index in [4.69, 9.17) is 14.2 Å². The standard InChI is InChI=1S/C22H32O11S2/c1-14(23)29-12-31-20(27)34-11-16(19(26)33-17-8-6-5-7-9-17)10-18(25)22(3,4)35-21(28)32-13-30-15(2)24/h16-17H,5-13H2,1-4H3/t16-/m0/s1. The molecule has 0 aliphatic heterocycles. The second-order valence-corrected chi connectivity index (χ2v) is 10.8. The fourth-order valence-corrected chi connectivity index (χ4v) is 4.39. The zero-order valence-corrected chi connectivity index (χ0v) is 22.0. The highest BCUT2D eigenvalue weighted by Gasteiger charge is 2.36. The van der Waals surface area contributed by atoms with Crippen molar-refractivity contribution in [2.24, 2.45) is 5.92 Å². The fourth-order valence-electron chi connectivity index (χ4n) is 2.95. The van der Waals surface area contributed by atoms with Crippen molar-refractivity contribution in [1.82, 2.24) is 0 Å². The first-order chi connectivity index (χ1) is 16.4. The Balaban J connectivity index is 2.74. The van der Waals surface area contributed by atoms with Crippen molar-refractivity contribution in [2.45, 2.75) is 77.1 Å². The first kappa shape index (κ1) is 30.8. The van der Waals surface area contributed by atoms with Crippen molar-refractivity contribution >= 4 is 57.8 Å². The van der Waals surface area contributed by atoms with Gasteiger partial charge in [-0.1, -0.05) is 6.42 Å². The number of carbonyl (C=O) groups excluding carboxylic acids is 6. The van der Waals surface area contributed by atoms with E-state index >= 15 is 0 Å². The molecule has 0 aromatic carbocycles. The molecule has 1 fully saturated rings. The molecule has 1 aliphatic carbocycles. The Morgan fingerprint density at radius 1 is 0.829 bits per heavy atom. The van der Waals surface area contributed by atoms with Crippen molar-refractivity contribution in [3.05, 3.63) is 0 Å². The summed E-state index contributed by atoms with van der Waals surface area (Å²) in [6, 6.07) is 0. The van der Waals surface area contributed by atoms with Gasteiger partial charge in [-0.2, -0.15) is 0 Å². The quantitative estimate of drug-likeness (QED) is 0.201. The van der Waals surface area contributed by atoms with Gasteiger partial charge in [-0.3, -0.25) is 19.2 Å². The molecule has 35 heavy (non-hydrogen) atoms. The molecule has 0 bridgehead atoms. The largest absolute Gasteiger partial charge is 0.462 e. The molecule has 0 radical (unpaired) electrons. The lowest BCUT2D eigenvalue weighted by Gasteiger charge is -2.26. The summed E-state index contributed by atoms with van der Waals surface area (Å²) in [5.41, 5.74) is 0. The van der Waals surface area contributed by atoms with Gasteiger partial charge >= 0.3 is 28.5 Å². The number of carbonyl (C=O) groups is 6. The molecule has 0 aromatic rings. The van der Waals surface area contributed by atoms with Crippen molar-refractivity contribution in [3.8, 4) is 0 Å². The Bertz CT molecular complexity index is 775. The minimum Gasteiger partial charge on any atom is -0.462 e. The van der Waals surface area contributed by atoms with Crippen LogP contribution in [-0.2, 0) is 42.9 Å². The third kappa shape index (κ3) is 13.4. The predicted octanol–water partition coefficient (Wildman–Crippen LogP) is 4.00. The number of ether oxygens (including phenoxy) is 5. The molecule has 0 unspecified atom stereocenters. The minimum absolute atomic E-state index is 0.103. The molecule has 1 aliphatic rings. The summed E-state index contributed by atoms with van der Waals surface area (Å²) in [6.07, 6.45) is 3.90. The third-order valence-electron chi connectivity index (χ3n) is 4.89. The van der Waals surface area contributed by atoms with E-state index in [-0.39, 0.29) is 18.3 Å². The van der Waals surface area contributed by atoms with E-state index < -0.39 is 58.5 Å². The van der Waals surface area contributed by atoms with Gasteiger partial charge in [-0.25, -0.2) is 9.59 Å². The van der Waals surface area contributed by atoms with Crippen LogP contribution in [0.3, 0.4) is 0 Å². The highest BCUT2D eigenvalue weighted by Crippen LogP contribution is 2.31. The zero-order valence-electron chi connectivity index (χ0n) is 20.3. The summed E-state index contributed by atoms with van der Waals surface area (Å²) < 4.78 is 22.9. The van der Waals surface area contributed by atoms with Gasteiger partial charge < -0.3 is 23.7 Å². The highest BCUT2D eigenvalue weighted by atomic mass is 32.2. The summed E-state index contributed by atoms with van der Waals surface area (Å²) in [5, 5.41) is -1.61. The van der Waals surface area contributed by atoms with Crippen molar-refractivity contribution < 1.29 is 52.5 Å². The third-order valence-corrected chi connectivity index (χ3v) is 6.84. The van der Waals surface area contributed by atoms with Crippen molar-refractivity contribution in [3.63, 3.8) is 0 Å². The SMILES string of the molecule is CC(=O)OCOC(=O)SC[C@H](CC(=O)C(C)(C)SC(=O)OCOC(C)=O)C(=O)OC1CCCCC1. The molecular formula is C22H32O11S2. The maximum absolute atomic E-state index is 13.0. The van der Waals surface area contributed by atoms with Gasteiger partial charge in [0.25, 0.3) is 0 Å². The molecule has 13 heteroatoms. The number of thioether (sulfide) groups is 2. The highest BCUT2D eigenvalue weighted by molar-refractivity contribution is 8.15. The van der Waals surface area contributed by atoms with Crippen LogP contribution in [-0.4, -0.2) is 64.5 Å². The molecular weight excluding hydrogens is 504 g/mol. The first-order valence-corrected chi connectivity index (χ1v) is 12.9. The maximum atomic E-state index is 13.0. The second kappa shape index (κ2) is 15.7. The molecule has 0 saturated heterocycles. The molecule has 0 heterocycles. The molecule has 0 N–H and O–H groups in total. The Morgan fingerprint density at radius 2 is 1.37 bits per heavy atom. The van der Waals surface area contributed by atoms with Crippen LogP contribution in [0.15, 0.2) is 0 Å². The van der Waals surface area contributed by atoms with E-state index in [0.717, 1.165) is 46.0 Å². The van der Waals surface area contributed by atoms with E-state index in [1.807, 2.05) is 0 Å². The van der Waals surface area contributed by atoms with Crippen LogP contribution in [0, 0.1) is 5.92 Å². The van der Waals surface area contributed by atoms with Crippen molar-refractivity contribution in [1.29, 1.82) is 0 Å². The second-order valence-electron chi connectivity index (χ2n) is 8.24. The van der Waals surface area contributed by atoms with Gasteiger partial charge in [0.05, 0.1) is 10.7 Å². The Morgan fingerprint density at radius 3 is 1.91 bits per heavy atom. The van der Waals surface area contributed by atoms with E-state index in [0.29, 0.717) is 23.5 Å². The van der Waals surface area contributed by atoms with E-state index in [9.17, 15) is 28.8 Å². The summed E-state index contributed by atoms with van der Waals surface area (Å²) in [5.74, 6) is -3.36. The summed E-state index contributed by atoms with van der Waals surface area (Å²) >= 11 is 1.24. The molecule has 0 spiro atoms. The average molecular weight is 537 g/mol. The van der Waals surface area contributed by atoms with Crippen LogP contribution < -0.4 is 0 Å². The van der Waals surface area contributed by atoms with Gasteiger partial charge in [-0.05, 0) is 63.1 Å².